The third kappa shape index (κ3) is 7.04. The van der Waals surface area contributed by atoms with Crippen LogP contribution in [0.2, 0.25) is 0 Å². The van der Waals surface area contributed by atoms with Crippen molar-refractivity contribution in [2.45, 2.75) is 30.1 Å². The van der Waals surface area contributed by atoms with Crippen molar-refractivity contribution in [1.82, 2.24) is 14.3 Å². The van der Waals surface area contributed by atoms with Crippen LogP contribution in [0, 0.1) is 11.7 Å². The van der Waals surface area contributed by atoms with Crippen LogP contribution in [0.3, 0.4) is 0 Å². The molecule has 1 aliphatic heterocycles. The van der Waals surface area contributed by atoms with Crippen molar-refractivity contribution < 1.29 is 30.7 Å². The lowest BCUT2D eigenvalue weighted by Gasteiger charge is -2.34. The summed E-state index contributed by atoms with van der Waals surface area (Å²) in [4.78, 5) is 8.70. The van der Waals surface area contributed by atoms with Crippen LogP contribution in [-0.4, -0.2) is 42.1 Å². The molecule has 8 nitrogen and oxygen atoms in total. The lowest BCUT2D eigenvalue weighted by molar-refractivity contribution is -0.274. The highest BCUT2D eigenvalue weighted by Gasteiger charge is 2.32. The minimum absolute atomic E-state index is 0.0791. The van der Waals surface area contributed by atoms with Gasteiger partial charge in [-0.15, -0.1) is 13.2 Å². The van der Waals surface area contributed by atoms with Crippen LogP contribution in [-0.2, 0) is 10.0 Å². The number of piperidine rings is 1. The molecule has 1 unspecified atom stereocenters. The number of ether oxygens (including phenoxy) is 1. The van der Waals surface area contributed by atoms with Crippen LogP contribution in [0.15, 0.2) is 90.0 Å². The van der Waals surface area contributed by atoms with Gasteiger partial charge in [0.1, 0.15) is 11.6 Å². The van der Waals surface area contributed by atoms with Crippen molar-refractivity contribution in [2.75, 3.05) is 18.4 Å². The Morgan fingerprint density at radius 3 is 2.19 bits per heavy atom. The molecule has 42 heavy (non-hydrogen) atoms. The average molecular weight is 602 g/mol. The Bertz CT molecular complexity index is 1610. The Labute approximate surface area is 240 Å². The van der Waals surface area contributed by atoms with E-state index in [9.17, 15) is 26.0 Å². The SMILES string of the molecule is NC(c1ccc(F)cc1)C1CCN(S(=O)(=O)c2ccc(Nc3nccc(-c4ccc(OC(F)(F)F)cc4)n3)cc2)CC1. The first kappa shape index (κ1) is 29.4. The van der Waals surface area contributed by atoms with Crippen LogP contribution in [0.1, 0.15) is 24.4 Å². The fourth-order valence-electron chi connectivity index (χ4n) is 4.83. The number of benzene rings is 3. The Hall–Kier alpha value is -4.07. The molecular formula is C29H27F4N5O3S. The number of sulfonamides is 1. The number of halogens is 4. The number of alkyl halides is 3. The maximum atomic E-state index is 13.3. The largest absolute Gasteiger partial charge is 0.573 e. The van der Waals surface area contributed by atoms with Gasteiger partial charge in [-0.1, -0.05) is 12.1 Å². The minimum atomic E-state index is -4.78. The topological polar surface area (TPSA) is 110 Å². The summed E-state index contributed by atoms with van der Waals surface area (Å²) in [5.74, 6) is -0.374. The van der Waals surface area contributed by atoms with Crippen molar-refractivity contribution in [3.63, 3.8) is 0 Å². The molecule has 220 valence electrons. The van der Waals surface area contributed by atoms with Crippen LogP contribution >= 0.6 is 0 Å². The lowest BCUT2D eigenvalue weighted by atomic mass is 9.86. The Balaban J connectivity index is 1.20. The summed E-state index contributed by atoms with van der Waals surface area (Å²) >= 11 is 0. The molecule has 1 fully saturated rings. The number of hydrogen-bond donors (Lipinski definition) is 2. The second-order valence-corrected chi connectivity index (χ2v) is 11.7. The zero-order valence-corrected chi connectivity index (χ0v) is 22.9. The van der Waals surface area contributed by atoms with E-state index in [1.807, 2.05) is 0 Å². The van der Waals surface area contributed by atoms with E-state index in [0.29, 0.717) is 42.9 Å². The third-order valence-electron chi connectivity index (χ3n) is 7.05. The molecule has 0 spiro atoms. The molecule has 1 aromatic heterocycles. The highest BCUT2D eigenvalue weighted by molar-refractivity contribution is 7.89. The zero-order valence-electron chi connectivity index (χ0n) is 22.1. The maximum absolute atomic E-state index is 13.3. The Morgan fingerprint density at radius 1 is 0.929 bits per heavy atom. The molecular weight excluding hydrogens is 574 g/mol. The van der Waals surface area contributed by atoms with Crippen molar-refractivity contribution in [3.8, 4) is 17.0 Å². The fourth-order valence-corrected chi connectivity index (χ4v) is 6.30. The van der Waals surface area contributed by atoms with Gasteiger partial charge in [0, 0.05) is 36.6 Å². The highest BCUT2D eigenvalue weighted by Crippen LogP contribution is 2.32. The van der Waals surface area contributed by atoms with Crippen molar-refractivity contribution in [2.24, 2.45) is 11.7 Å². The van der Waals surface area contributed by atoms with Gasteiger partial charge in [0.05, 0.1) is 10.6 Å². The van der Waals surface area contributed by atoms with Crippen LogP contribution < -0.4 is 15.8 Å². The molecule has 0 bridgehead atoms. The van der Waals surface area contributed by atoms with E-state index in [1.54, 1.807) is 30.3 Å². The summed E-state index contributed by atoms with van der Waals surface area (Å²) in [6.07, 6.45) is -2.11. The summed E-state index contributed by atoms with van der Waals surface area (Å²) < 4.78 is 82.4. The number of rotatable bonds is 8. The number of hydrogen-bond acceptors (Lipinski definition) is 7. The first-order valence-corrected chi connectivity index (χ1v) is 14.5. The predicted octanol–water partition coefficient (Wildman–Crippen LogP) is 6.03. The number of nitrogens with two attached hydrogens (primary N) is 1. The first-order chi connectivity index (χ1) is 20.0. The van der Waals surface area contributed by atoms with Gasteiger partial charge < -0.3 is 15.8 Å². The molecule has 3 N–H and O–H groups in total. The van der Waals surface area contributed by atoms with Crippen molar-refractivity contribution in [3.05, 3.63) is 96.4 Å². The van der Waals surface area contributed by atoms with Gasteiger partial charge in [-0.05, 0) is 91.1 Å². The first-order valence-electron chi connectivity index (χ1n) is 13.1. The molecule has 0 radical (unpaired) electrons. The van der Waals surface area contributed by atoms with Gasteiger partial charge in [-0.3, -0.25) is 0 Å². The third-order valence-corrected chi connectivity index (χ3v) is 8.96. The maximum Gasteiger partial charge on any atom is 0.573 e. The van der Waals surface area contributed by atoms with Crippen molar-refractivity contribution in [1.29, 1.82) is 0 Å². The average Bonchev–Trinajstić information content (AvgIpc) is 2.97. The summed E-state index contributed by atoms with van der Waals surface area (Å²) in [5, 5.41) is 3.01. The van der Waals surface area contributed by atoms with Crippen LogP contribution in [0.5, 0.6) is 5.75 Å². The summed E-state index contributed by atoms with van der Waals surface area (Å²) in [7, 11) is -3.73. The Morgan fingerprint density at radius 2 is 1.57 bits per heavy atom. The highest BCUT2D eigenvalue weighted by atomic mass is 32.2. The molecule has 1 atom stereocenters. The van der Waals surface area contributed by atoms with E-state index in [1.165, 1.54) is 59.0 Å². The predicted molar refractivity (Wildman–Crippen MR) is 149 cm³/mol. The van der Waals surface area contributed by atoms with E-state index in [2.05, 4.69) is 20.0 Å². The number of nitrogens with one attached hydrogen (secondary N) is 1. The molecule has 4 aromatic rings. The fraction of sp³-hybridized carbons (Fsp3) is 0.241. The van der Waals surface area contributed by atoms with Crippen molar-refractivity contribution >= 4 is 21.7 Å². The normalized spacial score (nSPS) is 15.7. The molecule has 3 aromatic carbocycles. The molecule has 1 saturated heterocycles. The standard InChI is InChI=1S/C29H27F4N5O3S/c30-22-5-1-20(2-6-22)27(34)21-14-17-38(18-15-21)42(39,40)25-11-7-23(8-12-25)36-28-35-16-13-26(37-28)19-3-9-24(10-4-19)41-29(31,32)33/h1-13,16,21,27H,14-15,17-18,34H2,(H,35,36,37). The molecule has 1 aliphatic rings. The smallest absolute Gasteiger partial charge is 0.406 e. The van der Waals surface area contributed by atoms with Crippen LogP contribution in [0.25, 0.3) is 11.3 Å². The van der Waals surface area contributed by atoms with Crippen LogP contribution in [0.4, 0.5) is 29.2 Å². The second-order valence-electron chi connectivity index (χ2n) is 9.81. The van der Waals surface area contributed by atoms with Gasteiger partial charge in [-0.2, -0.15) is 4.31 Å². The molecule has 0 aliphatic carbocycles. The van der Waals surface area contributed by atoms with Gasteiger partial charge in [0.15, 0.2) is 0 Å². The van der Waals surface area contributed by atoms with E-state index in [4.69, 9.17) is 5.73 Å². The second kappa shape index (κ2) is 12.0. The van der Waals surface area contributed by atoms with Gasteiger partial charge in [0.25, 0.3) is 0 Å². The van der Waals surface area contributed by atoms with Gasteiger partial charge in [-0.25, -0.2) is 22.8 Å². The summed E-state index contributed by atoms with van der Waals surface area (Å²) in [6, 6.07) is 18.9. The number of aromatic nitrogens is 2. The molecule has 0 saturated carbocycles. The van der Waals surface area contributed by atoms with E-state index in [-0.39, 0.29) is 34.4 Å². The van der Waals surface area contributed by atoms with E-state index >= 15 is 0 Å². The lowest BCUT2D eigenvalue weighted by Crippen LogP contribution is -2.40. The van der Waals surface area contributed by atoms with Gasteiger partial charge in [0.2, 0.25) is 16.0 Å². The summed E-state index contributed by atoms with van der Waals surface area (Å²) in [6.45, 7) is 0.650. The molecule has 2 heterocycles. The monoisotopic (exact) mass is 601 g/mol. The molecule has 5 rings (SSSR count). The number of nitrogens with zero attached hydrogens (tertiary/aromatic N) is 3. The minimum Gasteiger partial charge on any atom is -0.406 e. The summed E-state index contributed by atoms with van der Waals surface area (Å²) in [5.41, 5.74) is 8.77. The van der Waals surface area contributed by atoms with Gasteiger partial charge >= 0.3 is 6.36 Å². The number of anilines is 2. The quantitative estimate of drug-likeness (QED) is 0.238. The zero-order chi connectivity index (χ0) is 29.9. The molecule has 13 heteroatoms. The molecule has 0 amide bonds. The van der Waals surface area contributed by atoms with E-state index in [0.717, 1.165) is 5.56 Å². The van der Waals surface area contributed by atoms with E-state index < -0.39 is 16.4 Å². The Kier molecular flexibility index (Phi) is 8.43.